The van der Waals surface area contributed by atoms with E-state index in [4.69, 9.17) is 4.98 Å². The molecule has 0 unspecified atom stereocenters. The number of urea groups is 1. The first kappa shape index (κ1) is 17.4. The van der Waals surface area contributed by atoms with Gasteiger partial charge in [0, 0.05) is 23.2 Å². The van der Waals surface area contributed by atoms with E-state index in [-0.39, 0.29) is 12.3 Å². The minimum atomic E-state index is -0.553. The maximum absolute atomic E-state index is 11.9. The molecule has 5 rings (SSSR count). The maximum Gasteiger partial charge on any atom is 0.326 e. The smallest absolute Gasteiger partial charge is 0.326 e. The number of nitrogens with zero attached hydrogens (tertiary/aromatic N) is 3. The quantitative estimate of drug-likeness (QED) is 0.388. The van der Waals surface area contributed by atoms with Gasteiger partial charge in [-0.15, -0.1) is 0 Å². The number of aromatic nitrogens is 3. The lowest BCUT2D eigenvalue weighted by Crippen LogP contribution is -2.22. The predicted octanol–water partition coefficient (Wildman–Crippen LogP) is 1.64. The van der Waals surface area contributed by atoms with E-state index in [0.29, 0.717) is 17.3 Å². The van der Waals surface area contributed by atoms with E-state index < -0.39 is 11.9 Å². The molecule has 2 aromatic heterocycles. The second kappa shape index (κ2) is 6.71. The van der Waals surface area contributed by atoms with E-state index in [2.05, 4.69) is 21.0 Å². The summed E-state index contributed by atoms with van der Waals surface area (Å²) < 4.78 is 1.69. The van der Waals surface area contributed by atoms with E-state index in [1.165, 1.54) is 0 Å². The predicted molar refractivity (Wildman–Crippen MR) is 106 cm³/mol. The number of aliphatic hydroxyl groups is 1. The number of hydrogen-bond donors (Lipinski definition) is 4. The first-order valence-electron chi connectivity index (χ1n) is 9.30. The Balaban J connectivity index is 1.65. The fraction of sp³-hybridized carbons (Fsp3) is 0.200. The summed E-state index contributed by atoms with van der Waals surface area (Å²) in [6.07, 6.45) is 5.37. The van der Waals surface area contributed by atoms with Crippen molar-refractivity contribution in [2.75, 3.05) is 5.32 Å². The van der Waals surface area contributed by atoms with Crippen molar-refractivity contribution in [2.24, 2.45) is 0 Å². The third-order valence-corrected chi connectivity index (χ3v) is 4.85. The molecule has 3 aromatic rings. The fourth-order valence-electron chi connectivity index (χ4n) is 3.24. The van der Waals surface area contributed by atoms with Crippen molar-refractivity contribution < 1.29 is 14.7 Å². The SMILES string of the molecule is O=C1NC(=O)/C(=C\c2cnn3c(NC4CC4)cc(-c4cccc(CO)c4)nc23)N1. The monoisotopic (exact) mass is 390 g/mol. The van der Waals surface area contributed by atoms with Gasteiger partial charge in [0.05, 0.1) is 18.5 Å². The molecule has 0 bridgehead atoms. The van der Waals surface area contributed by atoms with Crippen LogP contribution in [0.4, 0.5) is 10.6 Å². The molecule has 2 fully saturated rings. The van der Waals surface area contributed by atoms with Crippen molar-refractivity contribution >= 4 is 29.5 Å². The van der Waals surface area contributed by atoms with Gasteiger partial charge >= 0.3 is 6.03 Å². The van der Waals surface area contributed by atoms with Gasteiger partial charge in [0.15, 0.2) is 5.65 Å². The Kier molecular flexibility index (Phi) is 4.02. The Bertz CT molecular complexity index is 1180. The third kappa shape index (κ3) is 3.32. The van der Waals surface area contributed by atoms with Gasteiger partial charge < -0.3 is 15.7 Å². The van der Waals surface area contributed by atoms with Gasteiger partial charge in [0.2, 0.25) is 0 Å². The topological polar surface area (TPSA) is 121 Å². The highest BCUT2D eigenvalue weighted by atomic mass is 16.3. The molecule has 1 saturated heterocycles. The fourth-order valence-corrected chi connectivity index (χ4v) is 3.24. The second-order valence-electron chi connectivity index (χ2n) is 7.11. The van der Waals surface area contributed by atoms with Crippen LogP contribution < -0.4 is 16.0 Å². The number of hydrogen-bond acceptors (Lipinski definition) is 6. The molecule has 1 saturated carbocycles. The average Bonchev–Trinajstić information content (AvgIpc) is 3.36. The zero-order valence-electron chi connectivity index (χ0n) is 15.3. The molecule has 9 heteroatoms. The van der Waals surface area contributed by atoms with Crippen molar-refractivity contribution in [2.45, 2.75) is 25.5 Å². The van der Waals surface area contributed by atoms with Crippen molar-refractivity contribution in [1.29, 1.82) is 0 Å². The molecule has 1 aliphatic heterocycles. The molecule has 2 aliphatic rings. The first-order valence-corrected chi connectivity index (χ1v) is 9.30. The number of carbonyl (C=O) groups excluding carboxylic acids is 2. The van der Waals surface area contributed by atoms with Crippen molar-refractivity contribution in [3.8, 4) is 11.3 Å². The third-order valence-electron chi connectivity index (χ3n) is 4.85. The number of nitrogens with one attached hydrogen (secondary N) is 3. The highest BCUT2D eigenvalue weighted by Crippen LogP contribution is 2.29. The van der Waals surface area contributed by atoms with Gasteiger partial charge in [0.1, 0.15) is 11.5 Å². The van der Waals surface area contributed by atoms with Crippen molar-refractivity contribution in [1.82, 2.24) is 25.2 Å². The van der Waals surface area contributed by atoms with Gasteiger partial charge in [-0.25, -0.2) is 9.78 Å². The van der Waals surface area contributed by atoms with Crippen LogP contribution in [0.15, 0.2) is 42.2 Å². The zero-order chi connectivity index (χ0) is 20.0. The molecular weight excluding hydrogens is 372 g/mol. The number of rotatable bonds is 5. The van der Waals surface area contributed by atoms with E-state index in [1.807, 2.05) is 30.3 Å². The molecular formula is C20H18N6O3. The maximum atomic E-state index is 11.9. The van der Waals surface area contributed by atoms with E-state index in [0.717, 1.165) is 35.5 Å². The minimum Gasteiger partial charge on any atom is -0.392 e. The van der Waals surface area contributed by atoms with Crippen molar-refractivity contribution in [3.05, 3.63) is 53.4 Å². The average molecular weight is 390 g/mol. The summed E-state index contributed by atoms with van der Waals surface area (Å²) in [4.78, 5) is 28.0. The number of benzene rings is 1. The number of aliphatic hydroxyl groups excluding tert-OH is 1. The summed E-state index contributed by atoms with van der Waals surface area (Å²) >= 11 is 0. The molecule has 146 valence electrons. The molecule has 1 aromatic carbocycles. The van der Waals surface area contributed by atoms with E-state index in [1.54, 1.807) is 16.8 Å². The zero-order valence-corrected chi connectivity index (χ0v) is 15.3. The molecule has 3 amide bonds. The lowest BCUT2D eigenvalue weighted by atomic mass is 10.1. The largest absolute Gasteiger partial charge is 0.392 e. The van der Waals surface area contributed by atoms with Crippen LogP contribution in [0.25, 0.3) is 23.0 Å². The summed E-state index contributed by atoms with van der Waals surface area (Å²) in [6, 6.07) is 9.32. The number of carbonyl (C=O) groups is 2. The number of anilines is 1. The molecule has 0 atom stereocenters. The molecule has 4 N–H and O–H groups in total. The Morgan fingerprint density at radius 3 is 2.83 bits per heavy atom. The van der Waals surface area contributed by atoms with Gasteiger partial charge in [-0.05, 0) is 30.5 Å². The second-order valence-corrected chi connectivity index (χ2v) is 7.11. The number of imide groups is 1. The van der Waals surface area contributed by atoms with Gasteiger partial charge in [-0.1, -0.05) is 18.2 Å². The molecule has 0 radical (unpaired) electrons. The highest BCUT2D eigenvalue weighted by molar-refractivity contribution is 6.14. The Hall–Kier alpha value is -3.72. The van der Waals surface area contributed by atoms with E-state index >= 15 is 0 Å². The number of amides is 3. The van der Waals surface area contributed by atoms with Gasteiger partial charge in [-0.3, -0.25) is 10.1 Å². The summed E-state index contributed by atoms with van der Waals surface area (Å²) in [5.41, 5.74) is 3.69. The standard InChI is InChI=1S/C20H18N6O3/c27-10-11-2-1-3-12(6-11)15-8-17(22-14-4-5-14)26-18(23-15)13(9-21-26)7-16-19(28)25-20(29)24-16/h1-3,6-9,14,22,27H,4-5,10H2,(H2,24,25,28,29)/b16-7+. The van der Waals surface area contributed by atoms with Crippen LogP contribution in [0.3, 0.4) is 0 Å². The summed E-state index contributed by atoms with van der Waals surface area (Å²) in [5.74, 6) is 0.309. The highest BCUT2D eigenvalue weighted by Gasteiger charge is 2.25. The molecule has 9 nitrogen and oxygen atoms in total. The molecule has 3 heterocycles. The Morgan fingerprint density at radius 2 is 2.10 bits per heavy atom. The van der Waals surface area contributed by atoms with Crippen LogP contribution in [-0.4, -0.2) is 37.7 Å². The summed E-state index contributed by atoms with van der Waals surface area (Å²) in [7, 11) is 0. The summed E-state index contributed by atoms with van der Waals surface area (Å²) in [5, 5.41) is 22.0. The van der Waals surface area contributed by atoms with Crippen LogP contribution in [0.2, 0.25) is 0 Å². The van der Waals surface area contributed by atoms with Crippen LogP contribution in [0, 0.1) is 0 Å². The molecule has 0 spiro atoms. The minimum absolute atomic E-state index is 0.0535. The molecule has 1 aliphatic carbocycles. The molecule has 29 heavy (non-hydrogen) atoms. The lowest BCUT2D eigenvalue weighted by Gasteiger charge is -2.11. The number of fused-ring (bicyclic) bond motifs is 1. The van der Waals surface area contributed by atoms with Crippen LogP contribution in [0.5, 0.6) is 0 Å². The van der Waals surface area contributed by atoms with Crippen molar-refractivity contribution in [3.63, 3.8) is 0 Å². The normalized spacial score (nSPS) is 17.6. The van der Waals surface area contributed by atoms with Crippen LogP contribution in [0.1, 0.15) is 24.0 Å². The Labute approximate surface area is 165 Å². The Morgan fingerprint density at radius 1 is 1.24 bits per heavy atom. The first-order chi connectivity index (χ1) is 14.1. The van der Waals surface area contributed by atoms with E-state index in [9.17, 15) is 14.7 Å². The van der Waals surface area contributed by atoms with Gasteiger partial charge in [0.25, 0.3) is 5.91 Å². The van der Waals surface area contributed by atoms with Crippen LogP contribution in [-0.2, 0) is 11.4 Å². The summed E-state index contributed by atoms with van der Waals surface area (Å²) in [6.45, 7) is -0.0535. The van der Waals surface area contributed by atoms with Crippen LogP contribution >= 0.6 is 0 Å². The lowest BCUT2D eigenvalue weighted by molar-refractivity contribution is -0.115. The van der Waals surface area contributed by atoms with Gasteiger partial charge in [-0.2, -0.15) is 9.61 Å².